The van der Waals surface area contributed by atoms with Gasteiger partial charge in [-0.1, -0.05) is 18.2 Å². The fourth-order valence-corrected chi connectivity index (χ4v) is 3.30. The zero-order valence-electron chi connectivity index (χ0n) is 14.2. The van der Waals surface area contributed by atoms with Gasteiger partial charge < -0.3 is 9.47 Å². The predicted octanol–water partition coefficient (Wildman–Crippen LogP) is 3.99. The smallest absolute Gasteiger partial charge is 0.255 e. The average molecular weight is 337 g/mol. The zero-order valence-corrected chi connectivity index (χ0v) is 14.2. The number of fused-ring (bicyclic) bond motifs is 1. The molecule has 0 unspecified atom stereocenters. The van der Waals surface area contributed by atoms with Crippen LogP contribution in [-0.2, 0) is 0 Å². The van der Waals surface area contributed by atoms with Crippen LogP contribution in [0.5, 0.6) is 0 Å². The molecule has 4 nitrogen and oxygen atoms in total. The molecule has 0 saturated carbocycles. The molecule has 4 rings (SSSR count). The summed E-state index contributed by atoms with van der Waals surface area (Å²) in [5.74, 6) is -0.0719. The van der Waals surface area contributed by atoms with Crippen LogP contribution in [0.15, 0.2) is 54.9 Å². The second kappa shape index (κ2) is 5.99. The van der Waals surface area contributed by atoms with Gasteiger partial charge in [-0.2, -0.15) is 0 Å². The molecule has 0 N–H and O–H groups in total. The summed E-state index contributed by atoms with van der Waals surface area (Å²) in [6.45, 7) is 2.51. The molecule has 1 aromatic carbocycles. The molecule has 1 saturated heterocycles. The van der Waals surface area contributed by atoms with Crippen molar-refractivity contribution in [2.45, 2.75) is 25.4 Å². The number of aromatic nitrogens is 2. The minimum atomic E-state index is -1.16. The Labute approximate surface area is 145 Å². The van der Waals surface area contributed by atoms with Crippen molar-refractivity contribution in [3.8, 4) is 5.69 Å². The third-order valence-corrected chi connectivity index (χ3v) is 4.90. The number of halogens is 1. The maximum absolute atomic E-state index is 13.9. The van der Waals surface area contributed by atoms with Crippen molar-refractivity contribution in [1.29, 1.82) is 0 Å². The quantitative estimate of drug-likeness (QED) is 0.709. The normalized spacial score (nSPS) is 17.0. The molecule has 1 aliphatic rings. The van der Waals surface area contributed by atoms with Gasteiger partial charge >= 0.3 is 0 Å². The zero-order chi connectivity index (χ0) is 17.4. The summed E-state index contributed by atoms with van der Waals surface area (Å²) >= 11 is 0. The largest absolute Gasteiger partial charge is 0.338 e. The number of benzene rings is 1. The Morgan fingerprint density at radius 1 is 1.16 bits per heavy atom. The molecule has 5 heteroatoms. The number of carbonyl (C=O) groups is 1. The SMILES string of the molecule is CC1(F)CCN(C(=O)c2cnc3c(ccn3-c3ccccc3)c2)CC1. The molecule has 1 fully saturated rings. The maximum atomic E-state index is 13.9. The Hall–Kier alpha value is -2.69. The highest BCUT2D eigenvalue weighted by atomic mass is 19.1. The first kappa shape index (κ1) is 15.8. The van der Waals surface area contributed by atoms with Gasteiger partial charge in [0.2, 0.25) is 0 Å². The van der Waals surface area contributed by atoms with Crippen LogP contribution in [0.4, 0.5) is 4.39 Å². The highest BCUT2D eigenvalue weighted by Gasteiger charge is 2.31. The van der Waals surface area contributed by atoms with Crippen LogP contribution < -0.4 is 0 Å². The third-order valence-electron chi connectivity index (χ3n) is 4.90. The first-order valence-corrected chi connectivity index (χ1v) is 8.54. The van der Waals surface area contributed by atoms with Crippen molar-refractivity contribution in [3.05, 3.63) is 60.4 Å². The minimum absolute atomic E-state index is 0.0719. The van der Waals surface area contributed by atoms with Gasteiger partial charge in [0.15, 0.2) is 0 Å². The van der Waals surface area contributed by atoms with Gasteiger partial charge in [-0.05, 0) is 44.0 Å². The Morgan fingerprint density at radius 2 is 1.88 bits per heavy atom. The molecular weight excluding hydrogens is 317 g/mol. The Morgan fingerprint density at radius 3 is 2.60 bits per heavy atom. The summed E-state index contributed by atoms with van der Waals surface area (Å²) in [4.78, 5) is 18.9. The molecule has 0 radical (unpaired) electrons. The lowest BCUT2D eigenvalue weighted by atomic mass is 9.95. The van der Waals surface area contributed by atoms with Crippen LogP contribution >= 0.6 is 0 Å². The first-order chi connectivity index (χ1) is 12.0. The third kappa shape index (κ3) is 3.02. The number of piperidine rings is 1. The molecule has 0 aliphatic carbocycles. The van der Waals surface area contributed by atoms with Crippen LogP contribution in [0, 0.1) is 0 Å². The second-order valence-corrected chi connectivity index (χ2v) is 6.86. The standard InChI is InChI=1S/C20H20FN3O/c1-20(21)8-11-23(12-9-20)19(25)16-13-15-7-10-24(18(15)22-14-16)17-5-3-2-4-6-17/h2-7,10,13-14H,8-9,11-12H2,1H3. The molecule has 1 amide bonds. The number of amides is 1. The number of hydrogen-bond donors (Lipinski definition) is 0. The number of rotatable bonds is 2. The van der Waals surface area contributed by atoms with E-state index in [2.05, 4.69) is 4.98 Å². The van der Waals surface area contributed by atoms with Crippen molar-refractivity contribution in [2.75, 3.05) is 13.1 Å². The highest BCUT2D eigenvalue weighted by Crippen LogP contribution is 2.27. The Kier molecular flexibility index (Phi) is 3.79. The van der Waals surface area contributed by atoms with E-state index < -0.39 is 5.67 Å². The van der Waals surface area contributed by atoms with Gasteiger partial charge in [0, 0.05) is 36.6 Å². The maximum Gasteiger partial charge on any atom is 0.255 e. The molecule has 2 aromatic heterocycles. The van der Waals surface area contributed by atoms with E-state index in [-0.39, 0.29) is 5.91 Å². The Balaban J connectivity index is 1.61. The number of pyridine rings is 1. The van der Waals surface area contributed by atoms with Crippen LogP contribution in [0.25, 0.3) is 16.7 Å². The molecule has 0 spiro atoms. The number of hydrogen-bond acceptors (Lipinski definition) is 2. The summed E-state index contributed by atoms with van der Waals surface area (Å²) in [5.41, 5.74) is 1.24. The van der Waals surface area contributed by atoms with Crippen molar-refractivity contribution < 1.29 is 9.18 Å². The number of carbonyl (C=O) groups excluding carboxylic acids is 1. The van der Waals surface area contributed by atoms with E-state index in [1.165, 1.54) is 0 Å². The van der Waals surface area contributed by atoms with E-state index in [0.717, 1.165) is 16.7 Å². The molecule has 3 aromatic rings. The van der Waals surface area contributed by atoms with E-state index in [4.69, 9.17) is 0 Å². The van der Waals surface area contributed by atoms with Gasteiger partial charge in [-0.15, -0.1) is 0 Å². The lowest BCUT2D eigenvalue weighted by Gasteiger charge is -2.34. The lowest BCUT2D eigenvalue weighted by molar-refractivity contribution is 0.0504. The lowest BCUT2D eigenvalue weighted by Crippen LogP contribution is -2.43. The van der Waals surface area contributed by atoms with Gasteiger partial charge in [0.05, 0.1) is 5.56 Å². The molecule has 128 valence electrons. The molecule has 0 atom stereocenters. The molecule has 3 heterocycles. The molecular formula is C20H20FN3O. The van der Waals surface area contributed by atoms with Gasteiger partial charge in [0.1, 0.15) is 11.3 Å². The molecule has 0 bridgehead atoms. The highest BCUT2D eigenvalue weighted by molar-refractivity contribution is 5.97. The van der Waals surface area contributed by atoms with Crippen molar-refractivity contribution in [2.24, 2.45) is 0 Å². The fraction of sp³-hybridized carbons (Fsp3) is 0.300. The van der Waals surface area contributed by atoms with Crippen LogP contribution in [0.3, 0.4) is 0 Å². The summed E-state index contributed by atoms with van der Waals surface area (Å²) in [5, 5.41) is 0.919. The van der Waals surface area contributed by atoms with Crippen molar-refractivity contribution in [3.63, 3.8) is 0 Å². The fourth-order valence-electron chi connectivity index (χ4n) is 3.30. The number of para-hydroxylation sites is 1. The van der Waals surface area contributed by atoms with Crippen LogP contribution in [0.1, 0.15) is 30.1 Å². The predicted molar refractivity (Wildman–Crippen MR) is 95.7 cm³/mol. The van der Waals surface area contributed by atoms with Crippen LogP contribution in [0.2, 0.25) is 0 Å². The number of alkyl halides is 1. The minimum Gasteiger partial charge on any atom is -0.338 e. The van der Waals surface area contributed by atoms with Crippen LogP contribution in [-0.4, -0.2) is 39.1 Å². The second-order valence-electron chi connectivity index (χ2n) is 6.86. The number of likely N-dealkylation sites (tertiary alicyclic amines) is 1. The summed E-state index contributed by atoms with van der Waals surface area (Å²) in [6, 6.07) is 13.8. The molecule has 25 heavy (non-hydrogen) atoms. The monoisotopic (exact) mass is 337 g/mol. The Bertz CT molecular complexity index is 907. The first-order valence-electron chi connectivity index (χ1n) is 8.54. The molecule has 1 aliphatic heterocycles. The van der Waals surface area contributed by atoms with Gasteiger partial charge in [-0.25, -0.2) is 9.37 Å². The van der Waals surface area contributed by atoms with E-state index in [0.29, 0.717) is 31.5 Å². The van der Waals surface area contributed by atoms with E-state index in [1.807, 2.05) is 53.2 Å². The average Bonchev–Trinajstić information content (AvgIpc) is 3.05. The summed E-state index contributed by atoms with van der Waals surface area (Å²) in [7, 11) is 0. The van der Waals surface area contributed by atoms with Gasteiger partial charge in [0.25, 0.3) is 5.91 Å². The van der Waals surface area contributed by atoms with E-state index in [1.54, 1.807) is 18.0 Å². The van der Waals surface area contributed by atoms with Crippen molar-refractivity contribution >= 4 is 16.9 Å². The van der Waals surface area contributed by atoms with E-state index in [9.17, 15) is 9.18 Å². The summed E-state index contributed by atoms with van der Waals surface area (Å²) < 4.78 is 15.9. The van der Waals surface area contributed by atoms with Gasteiger partial charge in [-0.3, -0.25) is 4.79 Å². The van der Waals surface area contributed by atoms with Crippen molar-refractivity contribution in [1.82, 2.24) is 14.5 Å². The number of nitrogens with zero attached hydrogens (tertiary/aromatic N) is 3. The summed E-state index contributed by atoms with van der Waals surface area (Å²) in [6.07, 6.45) is 4.35. The topological polar surface area (TPSA) is 38.1 Å². The van der Waals surface area contributed by atoms with E-state index >= 15 is 0 Å².